The van der Waals surface area contributed by atoms with Crippen LogP contribution in [0.5, 0.6) is 0 Å². The van der Waals surface area contributed by atoms with Gasteiger partial charge in [-0.3, -0.25) is 4.79 Å². The first-order valence-electron chi connectivity index (χ1n) is 8.13. The van der Waals surface area contributed by atoms with Gasteiger partial charge in [0.15, 0.2) is 0 Å². The van der Waals surface area contributed by atoms with Crippen LogP contribution in [-0.4, -0.2) is 38.3 Å². The van der Waals surface area contributed by atoms with Crippen molar-refractivity contribution in [1.29, 1.82) is 0 Å². The van der Waals surface area contributed by atoms with Crippen molar-refractivity contribution < 1.29 is 17.6 Å². The lowest BCUT2D eigenvalue weighted by Gasteiger charge is -2.32. The molecule has 2 rings (SSSR count). The minimum absolute atomic E-state index is 0.0236. The zero-order valence-corrected chi connectivity index (χ0v) is 15.2. The molecule has 7 heteroatoms. The molecule has 1 aromatic carbocycles. The normalized spacial score (nSPS) is 19.9. The van der Waals surface area contributed by atoms with E-state index < -0.39 is 15.8 Å². The van der Waals surface area contributed by atoms with E-state index in [9.17, 15) is 17.6 Å². The number of hydrogen-bond donors (Lipinski definition) is 1. The second-order valence-electron chi connectivity index (χ2n) is 7.43. The topological polar surface area (TPSA) is 66.5 Å². The lowest BCUT2D eigenvalue weighted by molar-refractivity contribution is -0.126. The van der Waals surface area contributed by atoms with Crippen LogP contribution < -0.4 is 5.32 Å². The molecule has 1 aliphatic rings. The van der Waals surface area contributed by atoms with E-state index in [1.807, 2.05) is 20.8 Å². The third-order valence-electron chi connectivity index (χ3n) is 4.00. The number of nitrogens with zero attached hydrogens (tertiary/aromatic N) is 1. The van der Waals surface area contributed by atoms with Crippen LogP contribution >= 0.6 is 0 Å². The predicted molar refractivity (Wildman–Crippen MR) is 90.3 cm³/mol. The van der Waals surface area contributed by atoms with Crippen LogP contribution in [0.3, 0.4) is 0 Å². The summed E-state index contributed by atoms with van der Waals surface area (Å²) >= 11 is 0. The molecule has 1 atom stereocenters. The minimum Gasteiger partial charge on any atom is -0.355 e. The van der Waals surface area contributed by atoms with E-state index in [1.54, 1.807) is 0 Å². The van der Waals surface area contributed by atoms with E-state index in [2.05, 4.69) is 5.32 Å². The maximum atomic E-state index is 13.0. The van der Waals surface area contributed by atoms with Gasteiger partial charge in [0.05, 0.1) is 10.8 Å². The number of hydrogen-bond acceptors (Lipinski definition) is 3. The van der Waals surface area contributed by atoms with E-state index in [0.717, 1.165) is 12.1 Å². The standard InChI is InChI=1S/C17H25FN2O3S/c1-17(2,3)12-19-16(21)13-5-4-10-20(11-13)24(22,23)15-8-6-14(18)7-9-15/h6-9,13H,4-5,10-12H2,1-3H3,(H,19,21). The number of carbonyl (C=O) groups excluding carboxylic acids is 1. The van der Waals surface area contributed by atoms with Crippen LogP contribution in [-0.2, 0) is 14.8 Å². The maximum absolute atomic E-state index is 13.0. The van der Waals surface area contributed by atoms with Crippen LogP contribution in [0, 0.1) is 17.2 Å². The highest BCUT2D eigenvalue weighted by Crippen LogP contribution is 2.24. The fourth-order valence-electron chi connectivity index (χ4n) is 2.63. The molecular formula is C17H25FN2O3S. The molecule has 1 aromatic rings. The van der Waals surface area contributed by atoms with E-state index in [-0.39, 0.29) is 28.7 Å². The molecule has 1 fully saturated rings. The Balaban J connectivity index is 2.07. The summed E-state index contributed by atoms with van der Waals surface area (Å²) in [5.41, 5.74) is -0.0236. The lowest BCUT2D eigenvalue weighted by atomic mass is 9.95. The van der Waals surface area contributed by atoms with Gasteiger partial charge in [0.2, 0.25) is 15.9 Å². The van der Waals surface area contributed by atoms with E-state index in [0.29, 0.717) is 25.9 Å². The monoisotopic (exact) mass is 356 g/mol. The molecule has 1 unspecified atom stereocenters. The first-order valence-corrected chi connectivity index (χ1v) is 9.57. The van der Waals surface area contributed by atoms with Gasteiger partial charge in [-0.1, -0.05) is 20.8 Å². The Kier molecular flexibility index (Phi) is 5.65. The van der Waals surface area contributed by atoms with Crippen molar-refractivity contribution in [3.8, 4) is 0 Å². The number of rotatable bonds is 4. The number of piperidine rings is 1. The highest BCUT2D eigenvalue weighted by Gasteiger charge is 2.33. The lowest BCUT2D eigenvalue weighted by Crippen LogP contribution is -2.46. The number of carbonyl (C=O) groups is 1. The summed E-state index contributed by atoms with van der Waals surface area (Å²) in [6, 6.07) is 4.77. The molecule has 134 valence electrons. The van der Waals surface area contributed by atoms with Gasteiger partial charge in [0, 0.05) is 19.6 Å². The van der Waals surface area contributed by atoms with E-state index in [4.69, 9.17) is 0 Å². The van der Waals surface area contributed by atoms with Gasteiger partial charge in [-0.15, -0.1) is 0 Å². The van der Waals surface area contributed by atoms with Crippen LogP contribution in [0.4, 0.5) is 4.39 Å². The Morgan fingerprint density at radius 3 is 2.50 bits per heavy atom. The van der Waals surface area contributed by atoms with E-state index in [1.165, 1.54) is 16.4 Å². The number of amides is 1. The molecule has 0 saturated carbocycles. The SMILES string of the molecule is CC(C)(C)CNC(=O)C1CCCN(S(=O)(=O)c2ccc(F)cc2)C1. The third kappa shape index (κ3) is 4.77. The number of benzene rings is 1. The summed E-state index contributed by atoms with van der Waals surface area (Å²) in [5.74, 6) is -0.938. The molecular weight excluding hydrogens is 331 g/mol. The highest BCUT2D eigenvalue weighted by molar-refractivity contribution is 7.89. The van der Waals surface area contributed by atoms with Gasteiger partial charge in [-0.25, -0.2) is 12.8 Å². The van der Waals surface area contributed by atoms with Gasteiger partial charge < -0.3 is 5.32 Å². The number of halogens is 1. The highest BCUT2D eigenvalue weighted by atomic mass is 32.2. The van der Waals surface area contributed by atoms with Crippen LogP contribution in [0.2, 0.25) is 0 Å². The summed E-state index contributed by atoms with van der Waals surface area (Å²) in [5, 5.41) is 2.90. The summed E-state index contributed by atoms with van der Waals surface area (Å²) < 4.78 is 39.6. The molecule has 24 heavy (non-hydrogen) atoms. The zero-order chi connectivity index (χ0) is 18.0. The molecule has 1 saturated heterocycles. The summed E-state index contributed by atoms with van der Waals surface area (Å²) in [6.45, 7) is 7.17. The Labute approximate surface area is 143 Å². The Morgan fingerprint density at radius 2 is 1.92 bits per heavy atom. The Bertz CT molecular complexity index is 681. The molecule has 0 aliphatic carbocycles. The molecule has 1 N–H and O–H groups in total. The van der Waals surface area contributed by atoms with Crippen molar-refractivity contribution in [3.05, 3.63) is 30.1 Å². The number of sulfonamides is 1. The fourth-order valence-corrected chi connectivity index (χ4v) is 4.15. The molecule has 0 aromatic heterocycles. The molecule has 0 radical (unpaired) electrons. The molecule has 0 spiro atoms. The van der Waals surface area contributed by atoms with Crippen molar-refractivity contribution in [2.45, 2.75) is 38.5 Å². The van der Waals surface area contributed by atoms with Crippen molar-refractivity contribution in [1.82, 2.24) is 9.62 Å². The van der Waals surface area contributed by atoms with Gasteiger partial charge in [-0.2, -0.15) is 4.31 Å². The summed E-state index contributed by atoms with van der Waals surface area (Å²) in [6.07, 6.45) is 1.31. The molecule has 0 bridgehead atoms. The predicted octanol–water partition coefficient (Wildman–Crippen LogP) is 2.39. The van der Waals surface area contributed by atoms with Crippen molar-refractivity contribution in [3.63, 3.8) is 0 Å². The third-order valence-corrected chi connectivity index (χ3v) is 5.88. The summed E-state index contributed by atoms with van der Waals surface area (Å²) in [4.78, 5) is 12.4. The van der Waals surface area contributed by atoms with Crippen LogP contribution in [0.1, 0.15) is 33.6 Å². The first-order chi connectivity index (χ1) is 11.1. The average molecular weight is 356 g/mol. The van der Waals surface area contributed by atoms with Gasteiger partial charge in [0.25, 0.3) is 0 Å². The largest absolute Gasteiger partial charge is 0.355 e. The average Bonchev–Trinajstić information content (AvgIpc) is 2.52. The molecule has 1 amide bonds. The van der Waals surface area contributed by atoms with Crippen molar-refractivity contribution in [2.24, 2.45) is 11.3 Å². The first kappa shape index (κ1) is 18.9. The Hall–Kier alpha value is -1.47. The van der Waals surface area contributed by atoms with Crippen molar-refractivity contribution in [2.75, 3.05) is 19.6 Å². The molecule has 1 heterocycles. The molecule has 1 aliphatic heterocycles. The van der Waals surface area contributed by atoms with E-state index >= 15 is 0 Å². The molecule has 5 nitrogen and oxygen atoms in total. The second-order valence-corrected chi connectivity index (χ2v) is 9.37. The minimum atomic E-state index is -3.70. The van der Waals surface area contributed by atoms with Crippen molar-refractivity contribution >= 4 is 15.9 Å². The summed E-state index contributed by atoms with van der Waals surface area (Å²) in [7, 11) is -3.70. The van der Waals surface area contributed by atoms with Gasteiger partial charge in [0.1, 0.15) is 5.82 Å². The Morgan fingerprint density at radius 1 is 1.29 bits per heavy atom. The van der Waals surface area contributed by atoms with Crippen LogP contribution in [0.15, 0.2) is 29.2 Å². The number of nitrogens with one attached hydrogen (secondary N) is 1. The van der Waals surface area contributed by atoms with Gasteiger partial charge in [-0.05, 0) is 42.5 Å². The maximum Gasteiger partial charge on any atom is 0.243 e. The van der Waals surface area contributed by atoms with Crippen LogP contribution in [0.25, 0.3) is 0 Å². The van der Waals surface area contributed by atoms with Gasteiger partial charge >= 0.3 is 0 Å². The quantitative estimate of drug-likeness (QED) is 0.901. The smallest absolute Gasteiger partial charge is 0.243 e. The zero-order valence-electron chi connectivity index (χ0n) is 14.4. The second kappa shape index (κ2) is 7.19. The fraction of sp³-hybridized carbons (Fsp3) is 0.588.